The lowest BCUT2D eigenvalue weighted by Crippen LogP contribution is -2.22. The third-order valence-electron chi connectivity index (χ3n) is 2.44. The van der Waals surface area contributed by atoms with E-state index in [4.69, 9.17) is 0 Å². The quantitative estimate of drug-likeness (QED) is 0.770. The standard InChI is InChI=1S/C12H22N2OS/c1-4-12-14-8-11(16-12)7-13-6-9(2)5-10(3)15/h8-10,13,15H,4-7H2,1-3H3. The smallest absolute Gasteiger partial charge is 0.0925 e. The molecular weight excluding hydrogens is 220 g/mol. The van der Waals surface area contributed by atoms with E-state index in [2.05, 4.69) is 24.1 Å². The molecule has 2 unspecified atom stereocenters. The van der Waals surface area contributed by atoms with Gasteiger partial charge in [0.2, 0.25) is 0 Å². The van der Waals surface area contributed by atoms with E-state index in [1.165, 1.54) is 9.88 Å². The van der Waals surface area contributed by atoms with Crippen molar-refractivity contribution in [1.82, 2.24) is 10.3 Å². The molecule has 16 heavy (non-hydrogen) atoms. The lowest BCUT2D eigenvalue weighted by Gasteiger charge is -2.13. The van der Waals surface area contributed by atoms with E-state index in [1.807, 2.05) is 13.1 Å². The number of thiazole rings is 1. The maximum Gasteiger partial charge on any atom is 0.0925 e. The maximum atomic E-state index is 9.24. The topological polar surface area (TPSA) is 45.2 Å². The Morgan fingerprint density at radius 1 is 1.50 bits per heavy atom. The van der Waals surface area contributed by atoms with Crippen LogP contribution in [0.1, 0.15) is 37.1 Å². The van der Waals surface area contributed by atoms with E-state index in [0.717, 1.165) is 25.9 Å². The summed E-state index contributed by atoms with van der Waals surface area (Å²) in [6, 6.07) is 0. The van der Waals surface area contributed by atoms with Crippen LogP contribution < -0.4 is 5.32 Å². The summed E-state index contributed by atoms with van der Waals surface area (Å²) in [5.41, 5.74) is 0. The molecule has 0 aliphatic carbocycles. The molecule has 0 radical (unpaired) electrons. The first kappa shape index (κ1) is 13.6. The second-order valence-corrected chi connectivity index (χ2v) is 5.59. The molecule has 1 rings (SSSR count). The molecule has 2 atom stereocenters. The van der Waals surface area contributed by atoms with Crippen molar-refractivity contribution in [3.63, 3.8) is 0 Å². The number of aliphatic hydroxyl groups excluding tert-OH is 1. The highest BCUT2D eigenvalue weighted by Gasteiger charge is 2.06. The number of aliphatic hydroxyl groups is 1. The fourth-order valence-electron chi connectivity index (χ4n) is 1.70. The molecule has 0 spiro atoms. The fraction of sp³-hybridized carbons (Fsp3) is 0.750. The molecule has 0 saturated carbocycles. The number of aromatic nitrogens is 1. The Morgan fingerprint density at radius 3 is 2.81 bits per heavy atom. The number of rotatable bonds is 7. The highest BCUT2D eigenvalue weighted by Crippen LogP contribution is 2.13. The van der Waals surface area contributed by atoms with Crippen LogP contribution in [0.4, 0.5) is 0 Å². The lowest BCUT2D eigenvalue weighted by molar-refractivity contribution is 0.163. The van der Waals surface area contributed by atoms with Gasteiger partial charge in [-0.3, -0.25) is 0 Å². The predicted octanol–water partition coefficient (Wildman–Crippen LogP) is 2.20. The minimum atomic E-state index is -0.202. The minimum absolute atomic E-state index is 0.202. The minimum Gasteiger partial charge on any atom is -0.393 e. The summed E-state index contributed by atoms with van der Waals surface area (Å²) in [4.78, 5) is 5.61. The molecule has 92 valence electrons. The highest BCUT2D eigenvalue weighted by atomic mass is 32.1. The Balaban J connectivity index is 2.19. The molecule has 1 aromatic rings. The number of nitrogens with zero attached hydrogens (tertiary/aromatic N) is 1. The number of hydrogen-bond donors (Lipinski definition) is 2. The average molecular weight is 242 g/mol. The van der Waals surface area contributed by atoms with E-state index >= 15 is 0 Å². The van der Waals surface area contributed by atoms with Gasteiger partial charge in [-0.15, -0.1) is 11.3 Å². The van der Waals surface area contributed by atoms with Crippen LogP contribution in [0.2, 0.25) is 0 Å². The van der Waals surface area contributed by atoms with Crippen LogP contribution in [-0.4, -0.2) is 22.7 Å². The summed E-state index contributed by atoms with van der Waals surface area (Å²) >= 11 is 1.78. The van der Waals surface area contributed by atoms with Crippen molar-refractivity contribution in [3.8, 4) is 0 Å². The van der Waals surface area contributed by atoms with Crippen molar-refractivity contribution in [1.29, 1.82) is 0 Å². The van der Waals surface area contributed by atoms with E-state index in [1.54, 1.807) is 11.3 Å². The number of nitrogens with one attached hydrogen (secondary N) is 1. The van der Waals surface area contributed by atoms with Crippen LogP contribution in [0.25, 0.3) is 0 Å². The Morgan fingerprint density at radius 2 is 2.25 bits per heavy atom. The molecule has 2 N–H and O–H groups in total. The highest BCUT2D eigenvalue weighted by molar-refractivity contribution is 7.11. The largest absolute Gasteiger partial charge is 0.393 e. The van der Waals surface area contributed by atoms with Gasteiger partial charge in [0.05, 0.1) is 11.1 Å². The second-order valence-electron chi connectivity index (χ2n) is 4.39. The maximum absolute atomic E-state index is 9.24. The van der Waals surface area contributed by atoms with Crippen molar-refractivity contribution >= 4 is 11.3 Å². The van der Waals surface area contributed by atoms with E-state index < -0.39 is 0 Å². The summed E-state index contributed by atoms with van der Waals surface area (Å²) in [6.07, 6.45) is 3.63. The van der Waals surface area contributed by atoms with Gasteiger partial charge in [-0.1, -0.05) is 13.8 Å². The van der Waals surface area contributed by atoms with Crippen LogP contribution in [0, 0.1) is 5.92 Å². The third-order valence-corrected chi connectivity index (χ3v) is 3.58. The van der Waals surface area contributed by atoms with Gasteiger partial charge < -0.3 is 10.4 Å². The Bertz CT molecular complexity index is 299. The first-order valence-corrected chi connectivity index (χ1v) is 6.75. The molecule has 0 aromatic carbocycles. The van der Waals surface area contributed by atoms with Crippen molar-refractivity contribution < 1.29 is 5.11 Å². The van der Waals surface area contributed by atoms with Crippen LogP contribution in [0.15, 0.2) is 6.20 Å². The van der Waals surface area contributed by atoms with E-state index in [9.17, 15) is 5.11 Å². The number of aryl methyl sites for hydroxylation is 1. The monoisotopic (exact) mass is 242 g/mol. The summed E-state index contributed by atoms with van der Waals surface area (Å²) in [5.74, 6) is 0.513. The van der Waals surface area contributed by atoms with Crippen LogP contribution >= 0.6 is 11.3 Å². The second kappa shape index (κ2) is 6.99. The third kappa shape index (κ3) is 5.05. The molecular formula is C12H22N2OS. The Labute approximate surface area is 102 Å². The molecule has 1 heterocycles. The molecule has 0 amide bonds. The average Bonchev–Trinajstić information content (AvgIpc) is 2.64. The zero-order valence-corrected chi connectivity index (χ0v) is 11.2. The van der Waals surface area contributed by atoms with Gasteiger partial charge in [-0.2, -0.15) is 0 Å². The SMILES string of the molecule is CCc1ncc(CNCC(C)CC(C)O)s1. The first-order valence-electron chi connectivity index (χ1n) is 5.94. The molecule has 0 fully saturated rings. The first-order chi connectivity index (χ1) is 7.61. The van der Waals surface area contributed by atoms with Gasteiger partial charge in [0, 0.05) is 17.6 Å². The zero-order valence-electron chi connectivity index (χ0n) is 10.4. The van der Waals surface area contributed by atoms with Crippen LogP contribution in [0.3, 0.4) is 0 Å². The fourth-order valence-corrected chi connectivity index (χ4v) is 2.53. The molecule has 0 bridgehead atoms. The van der Waals surface area contributed by atoms with Gasteiger partial charge >= 0.3 is 0 Å². The van der Waals surface area contributed by atoms with E-state index in [0.29, 0.717) is 5.92 Å². The van der Waals surface area contributed by atoms with Crippen molar-refractivity contribution in [3.05, 3.63) is 16.1 Å². The molecule has 0 saturated heterocycles. The van der Waals surface area contributed by atoms with Gasteiger partial charge in [0.25, 0.3) is 0 Å². The lowest BCUT2D eigenvalue weighted by atomic mass is 10.1. The van der Waals surface area contributed by atoms with Gasteiger partial charge in [-0.05, 0) is 32.2 Å². The molecule has 3 nitrogen and oxygen atoms in total. The zero-order chi connectivity index (χ0) is 12.0. The normalized spacial score (nSPS) is 15.0. The van der Waals surface area contributed by atoms with Crippen molar-refractivity contribution in [2.75, 3.05) is 6.54 Å². The number of hydrogen-bond acceptors (Lipinski definition) is 4. The molecule has 1 aromatic heterocycles. The summed E-state index contributed by atoms with van der Waals surface area (Å²) in [7, 11) is 0. The molecule has 0 aliphatic rings. The summed E-state index contributed by atoms with van der Waals surface area (Å²) in [6.45, 7) is 7.96. The van der Waals surface area contributed by atoms with Crippen molar-refractivity contribution in [2.45, 2.75) is 46.3 Å². The van der Waals surface area contributed by atoms with Crippen LogP contribution in [-0.2, 0) is 13.0 Å². The van der Waals surface area contributed by atoms with Crippen LogP contribution in [0.5, 0.6) is 0 Å². The summed E-state index contributed by atoms with van der Waals surface area (Å²) < 4.78 is 0. The summed E-state index contributed by atoms with van der Waals surface area (Å²) in [5, 5.41) is 13.8. The molecule has 4 heteroatoms. The van der Waals surface area contributed by atoms with Gasteiger partial charge in [0.1, 0.15) is 0 Å². The van der Waals surface area contributed by atoms with Gasteiger partial charge in [0.15, 0.2) is 0 Å². The predicted molar refractivity (Wildman–Crippen MR) is 68.7 cm³/mol. The Hall–Kier alpha value is -0.450. The van der Waals surface area contributed by atoms with E-state index in [-0.39, 0.29) is 6.10 Å². The Kier molecular flexibility index (Phi) is 5.95. The van der Waals surface area contributed by atoms with Crippen molar-refractivity contribution in [2.24, 2.45) is 5.92 Å². The van der Waals surface area contributed by atoms with Gasteiger partial charge in [-0.25, -0.2) is 4.98 Å². The molecule has 0 aliphatic heterocycles.